The van der Waals surface area contributed by atoms with Gasteiger partial charge in [0.2, 0.25) is 0 Å². The number of aromatic carboxylic acids is 1. The van der Waals surface area contributed by atoms with Gasteiger partial charge < -0.3 is 14.4 Å². The molecule has 6 heteroatoms. The fourth-order valence-corrected chi connectivity index (χ4v) is 1.84. The molecule has 0 aliphatic carbocycles. The Bertz CT molecular complexity index is 540. The average Bonchev–Trinajstić information content (AvgIpc) is 2.84. The van der Waals surface area contributed by atoms with E-state index in [1.165, 1.54) is 6.07 Å². The first kappa shape index (κ1) is 12.6. The summed E-state index contributed by atoms with van der Waals surface area (Å²) in [6, 6.07) is 4.91. The lowest BCUT2D eigenvalue weighted by Gasteiger charge is -2.09. The molecule has 2 rings (SSSR count). The summed E-state index contributed by atoms with van der Waals surface area (Å²) < 4.78 is 8.05. The number of carbonyl (C=O) groups is 1. The predicted molar refractivity (Wildman–Crippen MR) is 68.8 cm³/mol. The zero-order chi connectivity index (χ0) is 13.0. The van der Waals surface area contributed by atoms with Crippen LogP contribution in [0.15, 0.2) is 41.4 Å². The first-order chi connectivity index (χ1) is 8.66. The number of rotatable bonds is 5. The fraction of sp³-hybridized carbons (Fsp3) is 0.167. The van der Waals surface area contributed by atoms with Gasteiger partial charge in [-0.3, -0.25) is 0 Å². The van der Waals surface area contributed by atoms with Crippen molar-refractivity contribution in [3.63, 3.8) is 0 Å². The molecule has 0 saturated carbocycles. The van der Waals surface area contributed by atoms with Gasteiger partial charge in [0.25, 0.3) is 0 Å². The standard InChI is InChI=1S/C12H11BrN2O3/c13-9-1-2-11(10(7-9)12(16)17)18-6-5-15-4-3-14-8-15/h1-4,7-8H,5-6H2,(H,16,17). The number of carboxylic acids is 1. The van der Waals surface area contributed by atoms with E-state index in [9.17, 15) is 4.79 Å². The number of ether oxygens (including phenoxy) is 1. The number of hydrogen-bond donors (Lipinski definition) is 1. The Hall–Kier alpha value is -1.82. The number of aromatic nitrogens is 2. The molecule has 0 amide bonds. The number of halogens is 1. The first-order valence-corrected chi connectivity index (χ1v) is 6.07. The maximum atomic E-state index is 11.0. The smallest absolute Gasteiger partial charge is 0.339 e. The van der Waals surface area contributed by atoms with Gasteiger partial charge in [0.1, 0.15) is 17.9 Å². The van der Waals surface area contributed by atoms with Gasteiger partial charge in [-0.05, 0) is 18.2 Å². The normalized spacial score (nSPS) is 10.3. The van der Waals surface area contributed by atoms with Gasteiger partial charge >= 0.3 is 5.97 Å². The first-order valence-electron chi connectivity index (χ1n) is 5.28. The van der Waals surface area contributed by atoms with E-state index in [0.29, 0.717) is 23.4 Å². The molecular formula is C12H11BrN2O3. The Morgan fingerprint density at radius 3 is 3.00 bits per heavy atom. The van der Waals surface area contributed by atoms with Crippen molar-refractivity contribution in [1.82, 2.24) is 9.55 Å². The number of imidazole rings is 1. The Labute approximate surface area is 112 Å². The van der Waals surface area contributed by atoms with E-state index in [4.69, 9.17) is 9.84 Å². The van der Waals surface area contributed by atoms with Crippen LogP contribution in [0.5, 0.6) is 5.75 Å². The van der Waals surface area contributed by atoms with Crippen molar-refractivity contribution in [1.29, 1.82) is 0 Å². The highest BCUT2D eigenvalue weighted by molar-refractivity contribution is 9.10. The molecule has 0 aliphatic rings. The van der Waals surface area contributed by atoms with E-state index in [1.54, 1.807) is 24.7 Å². The van der Waals surface area contributed by atoms with E-state index < -0.39 is 5.97 Å². The Morgan fingerprint density at radius 1 is 1.50 bits per heavy atom. The van der Waals surface area contributed by atoms with Crippen molar-refractivity contribution in [2.45, 2.75) is 6.54 Å². The van der Waals surface area contributed by atoms with Crippen LogP contribution in [0, 0.1) is 0 Å². The van der Waals surface area contributed by atoms with E-state index in [2.05, 4.69) is 20.9 Å². The van der Waals surface area contributed by atoms with Crippen LogP contribution < -0.4 is 4.74 Å². The average molecular weight is 311 g/mol. The van der Waals surface area contributed by atoms with Crippen LogP contribution in [-0.2, 0) is 6.54 Å². The molecule has 0 atom stereocenters. The molecule has 2 aromatic rings. The summed E-state index contributed by atoms with van der Waals surface area (Å²) in [4.78, 5) is 15.0. The second-order valence-corrected chi connectivity index (χ2v) is 4.51. The maximum absolute atomic E-state index is 11.0. The van der Waals surface area contributed by atoms with Crippen LogP contribution in [0.3, 0.4) is 0 Å². The molecular weight excluding hydrogens is 300 g/mol. The maximum Gasteiger partial charge on any atom is 0.339 e. The molecule has 0 saturated heterocycles. The largest absolute Gasteiger partial charge is 0.491 e. The molecule has 1 aromatic heterocycles. The summed E-state index contributed by atoms with van der Waals surface area (Å²) in [6.07, 6.45) is 5.19. The minimum Gasteiger partial charge on any atom is -0.491 e. The van der Waals surface area contributed by atoms with Gasteiger partial charge in [-0.25, -0.2) is 9.78 Å². The van der Waals surface area contributed by atoms with Crippen LogP contribution in [-0.4, -0.2) is 27.2 Å². The summed E-state index contributed by atoms with van der Waals surface area (Å²) in [6.45, 7) is 1.01. The van der Waals surface area contributed by atoms with Gasteiger partial charge in [0.15, 0.2) is 0 Å². The molecule has 0 radical (unpaired) electrons. The molecule has 18 heavy (non-hydrogen) atoms. The SMILES string of the molecule is O=C(O)c1cc(Br)ccc1OCCn1ccnc1. The number of hydrogen-bond acceptors (Lipinski definition) is 3. The highest BCUT2D eigenvalue weighted by Crippen LogP contribution is 2.23. The Morgan fingerprint density at radius 2 is 2.33 bits per heavy atom. The van der Waals surface area contributed by atoms with Crippen molar-refractivity contribution >= 4 is 21.9 Å². The van der Waals surface area contributed by atoms with Gasteiger partial charge in [-0.1, -0.05) is 15.9 Å². The zero-order valence-electron chi connectivity index (χ0n) is 9.41. The zero-order valence-corrected chi connectivity index (χ0v) is 11.0. The lowest BCUT2D eigenvalue weighted by molar-refractivity contribution is 0.0692. The summed E-state index contributed by atoms with van der Waals surface area (Å²) in [5.74, 6) is -0.639. The second kappa shape index (κ2) is 5.68. The molecule has 0 fully saturated rings. The van der Waals surface area contributed by atoms with Gasteiger partial charge in [0.05, 0.1) is 12.9 Å². The van der Waals surface area contributed by atoms with Crippen LogP contribution in [0.1, 0.15) is 10.4 Å². The highest BCUT2D eigenvalue weighted by atomic mass is 79.9. The third-order valence-corrected chi connectivity index (χ3v) is 2.83. The predicted octanol–water partition coefficient (Wildman–Crippen LogP) is 2.42. The van der Waals surface area contributed by atoms with Crippen LogP contribution >= 0.6 is 15.9 Å². The van der Waals surface area contributed by atoms with E-state index >= 15 is 0 Å². The monoisotopic (exact) mass is 310 g/mol. The minimum absolute atomic E-state index is 0.148. The van der Waals surface area contributed by atoms with Crippen LogP contribution in [0.4, 0.5) is 0 Å². The van der Waals surface area contributed by atoms with Crippen molar-refractivity contribution in [2.24, 2.45) is 0 Å². The van der Waals surface area contributed by atoms with Gasteiger partial charge in [-0.15, -0.1) is 0 Å². The van der Waals surface area contributed by atoms with E-state index in [1.807, 2.05) is 10.8 Å². The molecule has 1 aromatic carbocycles. The molecule has 1 N–H and O–H groups in total. The number of carboxylic acid groups (broad SMARTS) is 1. The van der Waals surface area contributed by atoms with E-state index in [-0.39, 0.29) is 5.56 Å². The molecule has 0 spiro atoms. The summed E-state index contributed by atoms with van der Waals surface area (Å²) in [7, 11) is 0. The molecule has 94 valence electrons. The minimum atomic E-state index is -1.01. The summed E-state index contributed by atoms with van der Waals surface area (Å²) >= 11 is 3.23. The molecule has 1 heterocycles. The van der Waals surface area contributed by atoms with Crippen molar-refractivity contribution < 1.29 is 14.6 Å². The molecule has 0 bridgehead atoms. The molecule has 0 unspecified atom stereocenters. The summed E-state index contributed by atoms with van der Waals surface area (Å²) in [5, 5.41) is 9.06. The van der Waals surface area contributed by atoms with Crippen LogP contribution in [0.25, 0.3) is 0 Å². The molecule has 5 nitrogen and oxygen atoms in total. The fourth-order valence-electron chi connectivity index (χ4n) is 1.48. The second-order valence-electron chi connectivity index (χ2n) is 3.59. The number of benzene rings is 1. The third kappa shape index (κ3) is 3.10. The van der Waals surface area contributed by atoms with Crippen molar-refractivity contribution in [2.75, 3.05) is 6.61 Å². The summed E-state index contributed by atoms with van der Waals surface area (Å²) in [5.41, 5.74) is 0.148. The van der Waals surface area contributed by atoms with Gasteiger partial charge in [0, 0.05) is 16.9 Å². The van der Waals surface area contributed by atoms with Crippen LogP contribution in [0.2, 0.25) is 0 Å². The van der Waals surface area contributed by atoms with Crippen molar-refractivity contribution in [3.05, 3.63) is 47.0 Å². The Balaban J connectivity index is 2.02. The number of nitrogens with zero attached hydrogens (tertiary/aromatic N) is 2. The third-order valence-electron chi connectivity index (χ3n) is 2.34. The lowest BCUT2D eigenvalue weighted by Crippen LogP contribution is -2.09. The quantitative estimate of drug-likeness (QED) is 0.921. The Kier molecular flexibility index (Phi) is 3.99. The van der Waals surface area contributed by atoms with E-state index in [0.717, 1.165) is 0 Å². The lowest BCUT2D eigenvalue weighted by atomic mass is 10.2. The van der Waals surface area contributed by atoms with Crippen molar-refractivity contribution in [3.8, 4) is 5.75 Å². The van der Waals surface area contributed by atoms with Gasteiger partial charge in [-0.2, -0.15) is 0 Å². The highest BCUT2D eigenvalue weighted by Gasteiger charge is 2.11. The topological polar surface area (TPSA) is 64.3 Å². The molecule has 0 aliphatic heterocycles.